The Kier molecular flexibility index (Phi) is 4.56. The Balaban J connectivity index is 1.38. The molecule has 1 N–H and O–H groups in total. The number of amides is 2. The molecule has 134 valence electrons. The van der Waals surface area contributed by atoms with Gasteiger partial charge in [0.25, 0.3) is 0 Å². The van der Waals surface area contributed by atoms with Crippen molar-refractivity contribution in [1.29, 1.82) is 0 Å². The molecule has 1 atom stereocenters. The molecule has 4 rings (SSSR count). The van der Waals surface area contributed by atoms with Crippen LogP contribution in [0, 0.1) is 5.92 Å². The predicted molar refractivity (Wildman–Crippen MR) is 101 cm³/mol. The van der Waals surface area contributed by atoms with Crippen LogP contribution in [0.25, 0.3) is 0 Å². The van der Waals surface area contributed by atoms with Crippen LogP contribution in [-0.4, -0.2) is 36.4 Å². The molecule has 0 radical (unpaired) electrons. The molecule has 1 unspecified atom stereocenters. The van der Waals surface area contributed by atoms with E-state index in [9.17, 15) is 9.59 Å². The number of para-hydroxylation sites is 1. The van der Waals surface area contributed by atoms with Gasteiger partial charge in [0.1, 0.15) is 5.82 Å². The fraction of sp³-hybridized carbons (Fsp3) is 0.350. The maximum atomic E-state index is 12.5. The molecular formula is C20H22N4O2. The summed E-state index contributed by atoms with van der Waals surface area (Å²) < 4.78 is 0. The first-order valence-electron chi connectivity index (χ1n) is 9.08. The van der Waals surface area contributed by atoms with E-state index in [0.29, 0.717) is 12.4 Å². The van der Waals surface area contributed by atoms with Crippen molar-refractivity contribution in [3.63, 3.8) is 0 Å². The lowest BCUT2D eigenvalue weighted by Crippen LogP contribution is -2.28. The van der Waals surface area contributed by atoms with E-state index < -0.39 is 0 Å². The maximum Gasteiger partial charge on any atom is 0.230 e. The van der Waals surface area contributed by atoms with E-state index in [2.05, 4.69) is 15.2 Å². The first-order chi connectivity index (χ1) is 12.7. The molecule has 2 amide bonds. The molecule has 3 heterocycles. The van der Waals surface area contributed by atoms with E-state index in [0.717, 1.165) is 24.5 Å². The first kappa shape index (κ1) is 16.6. The number of aromatic nitrogens is 1. The largest absolute Gasteiger partial charge is 0.370 e. The lowest BCUT2D eigenvalue weighted by Gasteiger charge is -2.18. The molecular weight excluding hydrogens is 328 g/mol. The lowest BCUT2D eigenvalue weighted by atomic mass is 10.1. The second-order valence-corrected chi connectivity index (χ2v) is 6.83. The third-order valence-electron chi connectivity index (χ3n) is 5.03. The number of anilines is 3. The number of nitrogens with zero attached hydrogens (tertiary/aromatic N) is 3. The number of benzene rings is 1. The Hall–Kier alpha value is -2.89. The minimum atomic E-state index is -0.359. The summed E-state index contributed by atoms with van der Waals surface area (Å²) in [7, 11) is 0. The number of pyridine rings is 1. The topological polar surface area (TPSA) is 65.5 Å². The Morgan fingerprint density at radius 2 is 1.81 bits per heavy atom. The second kappa shape index (κ2) is 7.15. The van der Waals surface area contributed by atoms with Crippen molar-refractivity contribution < 1.29 is 9.59 Å². The molecule has 2 fully saturated rings. The summed E-state index contributed by atoms with van der Waals surface area (Å²) in [5, 5.41) is 2.85. The zero-order valence-corrected chi connectivity index (χ0v) is 14.6. The van der Waals surface area contributed by atoms with Gasteiger partial charge in [-0.1, -0.05) is 18.2 Å². The summed E-state index contributed by atoms with van der Waals surface area (Å²) in [6.07, 6.45) is 4.46. The minimum Gasteiger partial charge on any atom is -0.370 e. The minimum absolute atomic E-state index is 0.0197. The van der Waals surface area contributed by atoms with Crippen LogP contribution >= 0.6 is 0 Å². The van der Waals surface area contributed by atoms with Crippen molar-refractivity contribution in [1.82, 2.24) is 4.98 Å². The summed E-state index contributed by atoms with van der Waals surface area (Å²) >= 11 is 0. The van der Waals surface area contributed by atoms with E-state index >= 15 is 0 Å². The Bertz CT molecular complexity index is 785. The number of nitrogens with one attached hydrogen (secondary N) is 1. The summed E-state index contributed by atoms with van der Waals surface area (Å²) in [4.78, 5) is 33.1. The van der Waals surface area contributed by atoms with Crippen molar-refractivity contribution in [2.75, 3.05) is 34.8 Å². The molecule has 2 aliphatic rings. The SMILES string of the molecule is O=C(Nc1ccc(N2CCCC2)cn1)C1CC(=O)N(c2ccccc2)C1. The number of hydrogen-bond donors (Lipinski definition) is 1. The first-order valence-corrected chi connectivity index (χ1v) is 9.08. The molecule has 0 aliphatic carbocycles. The fourth-order valence-electron chi connectivity index (χ4n) is 3.59. The van der Waals surface area contributed by atoms with Crippen LogP contribution in [0.4, 0.5) is 17.2 Å². The number of carbonyl (C=O) groups excluding carboxylic acids is 2. The summed E-state index contributed by atoms with van der Waals surface area (Å²) in [5.41, 5.74) is 1.92. The average molecular weight is 350 g/mol. The molecule has 0 saturated carbocycles. The number of rotatable bonds is 4. The normalized spacial score (nSPS) is 19.8. The highest BCUT2D eigenvalue weighted by Gasteiger charge is 2.35. The molecule has 26 heavy (non-hydrogen) atoms. The third kappa shape index (κ3) is 3.40. The van der Waals surface area contributed by atoms with Gasteiger partial charge >= 0.3 is 0 Å². The van der Waals surface area contributed by atoms with Gasteiger partial charge in [-0.2, -0.15) is 0 Å². The van der Waals surface area contributed by atoms with Crippen LogP contribution in [0.5, 0.6) is 0 Å². The number of carbonyl (C=O) groups is 2. The highest BCUT2D eigenvalue weighted by atomic mass is 16.2. The number of hydrogen-bond acceptors (Lipinski definition) is 4. The van der Waals surface area contributed by atoms with E-state index in [1.807, 2.05) is 42.5 Å². The maximum absolute atomic E-state index is 12.5. The molecule has 1 aromatic heterocycles. The van der Waals surface area contributed by atoms with Crippen LogP contribution in [0.15, 0.2) is 48.7 Å². The molecule has 6 heteroatoms. The third-order valence-corrected chi connectivity index (χ3v) is 5.03. The second-order valence-electron chi connectivity index (χ2n) is 6.83. The summed E-state index contributed by atoms with van der Waals surface area (Å²) in [5.74, 6) is -0.00165. The standard InChI is InChI=1S/C20H22N4O2/c25-19-12-15(14-24(19)16-6-2-1-3-7-16)20(26)22-18-9-8-17(13-21-18)23-10-4-5-11-23/h1-3,6-9,13,15H,4-5,10-12,14H2,(H,21,22,26). The average Bonchev–Trinajstić information content (AvgIpc) is 3.33. The van der Waals surface area contributed by atoms with E-state index in [-0.39, 0.29) is 24.2 Å². The van der Waals surface area contributed by atoms with Gasteiger partial charge < -0.3 is 15.1 Å². The highest BCUT2D eigenvalue weighted by molar-refractivity contribution is 6.03. The van der Waals surface area contributed by atoms with Crippen LogP contribution in [0.2, 0.25) is 0 Å². The van der Waals surface area contributed by atoms with Crippen molar-refractivity contribution in [2.45, 2.75) is 19.3 Å². The van der Waals surface area contributed by atoms with Gasteiger partial charge in [0.05, 0.1) is 17.8 Å². The van der Waals surface area contributed by atoms with Crippen LogP contribution in [0.3, 0.4) is 0 Å². The van der Waals surface area contributed by atoms with Gasteiger partial charge in [0.15, 0.2) is 0 Å². The molecule has 2 aliphatic heterocycles. The van der Waals surface area contributed by atoms with E-state index in [1.54, 1.807) is 11.1 Å². The van der Waals surface area contributed by atoms with Gasteiger partial charge in [-0.05, 0) is 37.1 Å². The zero-order valence-electron chi connectivity index (χ0n) is 14.6. The van der Waals surface area contributed by atoms with Crippen molar-refractivity contribution in [3.05, 3.63) is 48.7 Å². The van der Waals surface area contributed by atoms with Crippen molar-refractivity contribution in [2.24, 2.45) is 5.92 Å². The van der Waals surface area contributed by atoms with Gasteiger partial charge in [0, 0.05) is 31.7 Å². The van der Waals surface area contributed by atoms with Crippen LogP contribution < -0.4 is 15.1 Å². The predicted octanol–water partition coefficient (Wildman–Crippen LogP) is 2.67. The van der Waals surface area contributed by atoms with Crippen LogP contribution in [-0.2, 0) is 9.59 Å². The van der Waals surface area contributed by atoms with E-state index in [4.69, 9.17) is 0 Å². The summed E-state index contributed by atoms with van der Waals surface area (Å²) in [6, 6.07) is 13.3. The Morgan fingerprint density at radius 1 is 1.04 bits per heavy atom. The summed E-state index contributed by atoms with van der Waals surface area (Å²) in [6.45, 7) is 2.53. The van der Waals surface area contributed by atoms with Gasteiger partial charge in [-0.15, -0.1) is 0 Å². The zero-order chi connectivity index (χ0) is 17.9. The fourth-order valence-corrected chi connectivity index (χ4v) is 3.59. The lowest BCUT2D eigenvalue weighted by molar-refractivity contribution is -0.122. The van der Waals surface area contributed by atoms with Crippen LogP contribution in [0.1, 0.15) is 19.3 Å². The monoisotopic (exact) mass is 350 g/mol. The van der Waals surface area contributed by atoms with Crippen molar-refractivity contribution >= 4 is 29.0 Å². The molecule has 0 spiro atoms. The molecule has 1 aromatic carbocycles. The molecule has 0 bridgehead atoms. The smallest absolute Gasteiger partial charge is 0.230 e. The Labute approximate surface area is 152 Å². The Morgan fingerprint density at radius 3 is 2.50 bits per heavy atom. The molecule has 2 aromatic rings. The molecule has 6 nitrogen and oxygen atoms in total. The van der Waals surface area contributed by atoms with E-state index in [1.165, 1.54) is 12.8 Å². The van der Waals surface area contributed by atoms with Gasteiger partial charge in [0.2, 0.25) is 11.8 Å². The quantitative estimate of drug-likeness (QED) is 0.921. The molecule has 2 saturated heterocycles. The van der Waals surface area contributed by atoms with Crippen molar-refractivity contribution in [3.8, 4) is 0 Å². The highest BCUT2D eigenvalue weighted by Crippen LogP contribution is 2.26. The van der Waals surface area contributed by atoms with Gasteiger partial charge in [-0.25, -0.2) is 4.98 Å². The van der Waals surface area contributed by atoms with Gasteiger partial charge in [-0.3, -0.25) is 9.59 Å².